The van der Waals surface area contributed by atoms with Crippen molar-refractivity contribution in [1.82, 2.24) is 0 Å². The molecule has 0 saturated heterocycles. The lowest BCUT2D eigenvalue weighted by molar-refractivity contribution is -0.131. The fourth-order valence-corrected chi connectivity index (χ4v) is 4.05. The van der Waals surface area contributed by atoms with Gasteiger partial charge in [0.05, 0.1) is 0 Å². The van der Waals surface area contributed by atoms with E-state index in [9.17, 15) is 4.79 Å². The molecule has 0 aliphatic carbocycles. The Kier molecular flexibility index (Phi) is 5.91. The van der Waals surface area contributed by atoms with Gasteiger partial charge in [-0.1, -0.05) is 59.1 Å². The Morgan fingerprint density at radius 3 is 2.37 bits per heavy atom. The molecule has 30 heavy (non-hydrogen) atoms. The molecule has 0 saturated carbocycles. The van der Waals surface area contributed by atoms with Crippen LogP contribution >= 0.6 is 34.8 Å². The van der Waals surface area contributed by atoms with Crippen LogP contribution in [0.4, 0.5) is 0 Å². The highest BCUT2D eigenvalue weighted by Gasteiger charge is 2.19. The number of aliphatic carboxylic acids is 1. The summed E-state index contributed by atoms with van der Waals surface area (Å²) in [7, 11) is 0. The predicted octanol–water partition coefficient (Wildman–Crippen LogP) is 6.73. The highest BCUT2D eigenvalue weighted by molar-refractivity contribution is 6.36. The number of benzene rings is 3. The monoisotopic (exact) mass is 460 g/mol. The van der Waals surface area contributed by atoms with Crippen molar-refractivity contribution in [2.24, 2.45) is 0 Å². The van der Waals surface area contributed by atoms with E-state index in [1.165, 1.54) is 6.08 Å². The lowest BCUT2D eigenvalue weighted by Gasteiger charge is -2.15. The zero-order chi connectivity index (χ0) is 21.3. The number of carboxylic acids is 1. The summed E-state index contributed by atoms with van der Waals surface area (Å²) in [5.74, 6) is 0.273. The predicted molar refractivity (Wildman–Crippen MR) is 119 cm³/mol. The molecule has 0 amide bonds. The average Bonchev–Trinajstić information content (AvgIpc) is 3.15. The van der Waals surface area contributed by atoms with Gasteiger partial charge in [0, 0.05) is 33.6 Å². The summed E-state index contributed by atoms with van der Waals surface area (Å²) in [5, 5.41) is 10.4. The number of rotatable bonds is 5. The van der Waals surface area contributed by atoms with Crippen molar-refractivity contribution in [1.29, 1.82) is 0 Å². The van der Waals surface area contributed by atoms with Crippen LogP contribution in [0.15, 0.2) is 54.6 Å². The Morgan fingerprint density at radius 1 is 0.967 bits per heavy atom. The molecule has 0 radical (unpaired) electrons. The fourth-order valence-electron chi connectivity index (χ4n) is 3.27. The van der Waals surface area contributed by atoms with Crippen LogP contribution in [0.2, 0.25) is 15.1 Å². The van der Waals surface area contributed by atoms with Crippen molar-refractivity contribution in [2.75, 3.05) is 6.79 Å². The van der Waals surface area contributed by atoms with Gasteiger partial charge < -0.3 is 14.6 Å². The molecule has 0 atom stereocenters. The minimum Gasteiger partial charge on any atom is -0.478 e. The summed E-state index contributed by atoms with van der Waals surface area (Å²) in [4.78, 5) is 10.7. The van der Waals surface area contributed by atoms with Crippen molar-refractivity contribution in [3.63, 3.8) is 0 Å². The van der Waals surface area contributed by atoms with Gasteiger partial charge in [-0.05, 0) is 52.1 Å². The molecule has 1 heterocycles. The number of carboxylic acid groups (broad SMARTS) is 1. The molecule has 4 nitrogen and oxygen atoms in total. The SMILES string of the molecule is O=C(O)C=Cc1ccc(-c2cc(Cl)cc(Cl)c2Cc2cc3c(cc2Cl)OCO3)cc1. The second kappa shape index (κ2) is 8.60. The first-order chi connectivity index (χ1) is 14.4. The van der Waals surface area contributed by atoms with Gasteiger partial charge in [0.25, 0.3) is 0 Å². The lowest BCUT2D eigenvalue weighted by atomic mass is 9.94. The van der Waals surface area contributed by atoms with Crippen molar-refractivity contribution < 1.29 is 19.4 Å². The molecule has 3 aromatic rings. The normalized spacial score (nSPS) is 12.5. The van der Waals surface area contributed by atoms with Crippen LogP contribution < -0.4 is 9.47 Å². The van der Waals surface area contributed by atoms with Crippen molar-refractivity contribution in [3.8, 4) is 22.6 Å². The fraction of sp³-hybridized carbons (Fsp3) is 0.0870. The van der Waals surface area contributed by atoms with Crippen molar-refractivity contribution in [3.05, 3.63) is 86.4 Å². The second-order valence-electron chi connectivity index (χ2n) is 6.68. The molecule has 3 aromatic carbocycles. The van der Waals surface area contributed by atoms with Crippen LogP contribution in [0.25, 0.3) is 17.2 Å². The van der Waals surface area contributed by atoms with Crippen LogP contribution in [0.5, 0.6) is 11.5 Å². The van der Waals surface area contributed by atoms with E-state index < -0.39 is 5.97 Å². The summed E-state index contributed by atoms with van der Waals surface area (Å²) in [6.07, 6.45) is 3.10. The molecule has 1 aliphatic heterocycles. The van der Waals surface area contributed by atoms with Gasteiger partial charge in [-0.25, -0.2) is 4.79 Å². The van der Waals surface area contributed by atoms with E-state index in [-0.39, 0.29) is 6.79 Å². The first-order valence-electron chi connectivity index (χ1n) is 8.98. The maximum absolute atomic E-state index is 10.7. The number of hydrogen-bond acceptors (Lipinski definition) is 3. The van der Waals surface area contributed by atoms with E-state index in [4.69, 9.17) is 49.4 Å². The van der Waals surface area contributed by atoms with Gasteiger partial charge in [-0.2, -0.15) is 0 Å². The molecule has 1 aliphatic rings. The average molecular weight is 462 g/mol. The van der Waals surface area contributed by atoms with Crippen molar-refractivity contribution >= 4 is 46.8 Å². The smallest absolute Gasteiger partial charge is 0.328 e. The maximum Gasteiger partial charge on any atom is 0.328 e. The summed E-state index contributed by atoms with van der Waals surface area (Å²) in [6.45, 7) is 0.171. The van der Waals surface area contributed by atoms with Crippen LogP contribution in [0.3, 0.4) is 0 Å². The Labute approximate surface area is 188 Å². The van der Waals surface area contributed by atoms with Gasteiger partial charge in [0.15, 0.2) is 11.5 Å². The molecular formula is C23H15Cl3O4. The first kappa shape index (κ1) is 20.6. The highest BCUT2D eigenvalue weighted by atomic mass is 35.5. The molecule has 152 valence electrons. The van der Waals surface area contributed by atoms with E-state index in [0.717, 1.165) is 33.9 Å². The van der Waals surface area contributed by atoms with Gasteiger partial charge >= 0.3 is 5.97 Å². The third kappa shape index (κ3) is 4.41. The number of fused-ring (bicyclic) bond motifs is 1. The minimum absolute atomic E-state index is 0.171. The molecule has 0 bridgehead atoms. The van der Waals surface area contributed by atoms with Crippen molar-refractivity contribution in [2.45, 2.75) is 6.42 Å². The Hall–Kier alpha value is -2.66. The Balaban J connectivity index is 1.73. The number of hydrogen-bond donors (Lipinski definition) is 1. The standard InChI is InChI=1S/C23H15Cl3O4/c24-16-9-17(14-4-1-13(2-5-14)3-6-23(27)28)18(20(26)10-16)7-15-8-21-22(11-19(15)25)30-12-29-21/h1-6,8-11H,7,12H2,(H,27,28). The molecular weight excluding hydrogens is 447 g/mol. The van der Waals surface area contributed by atoms with E-state index in [0.29, 0.717) is 33.0 Å². The van der Waals surface area contributed by atoms with E-state index in [2.05, 4.69) is 0 Å². The number of carbonyl (C=O) groups is 1. The third-order valence-electron chi connectivity index (χ3n) is 4.71. The lowest BCUT2D eigenvalue weighted by Crippen LogP contribution is -1.96. The highest BCUT2D eigenvalue weighted by Crippen LogP contribution is 2.40. The first-order valence-corrected chi connectivity index (χ1v) is 10.1. The molecule has 0 unspecified atom stereocenters. The summed E-state index contributed by atoms with van der Waals surface area (Å²) >= 11 is 19.3. The Bertz CT molecular complexity index is 1150. The minimum atomic E-state index is -0.997. The van der Waals surface area contributed by atoms with E-state index in [1.54, 1.807) is 12.1 Å². The topological polar surface area (TPSA) is 55.8 Å². The third-order valence-corrected chi connectivity index (χ3v) is 5.62. The van der Waals surface area contributed by atoms with Crippen LogP contribution in [0, 0.1) is 0 Å². The van der Waals surface area contributed by atoms with Crippen LogP contribution in [0.1, 0.15) is 16.7 Å². The van der Waals surface area contributed by atoms with E-state index in [1.807, 2.05) is 36.4 Å². The quantitative estimate of drug-likeness (QED) is 0.428. The second-order valence-corrected chi connectivity index (χ2v) is 7.93. The van der Waals surface area contributed by atoms with Crippen LogP contribution in [-0.2, 0) is 11.2 Å². The molecule has 7 heteroatoms. The van der Waals surface area contributed by atoms with Gasteiger partial charge in [0.1, 0.15) is 0 Å². The molecule has 4 rings (SSSR count). The van der Waals surface area contributed by atoms with Gasteiger partial charge in [-0.3, -0.25) is 0 Å². The largest absolute Gasteiger partial charge is 0.478 e. The molecule has 1 N–H and O–H groups in total. The summed E-state index contributed by atoms with van der Waals surface area (Å²) < 4.78 is 10.8. The number of ether oxygens (including phenoxy) is 2. The molecule has 0 spiro atoms. The van der Waals surface area contributed by atoms with Gasteiger partial charge in [0.2, 0.25) is 6.79 Å². The maximum atomic E-state index is 10.7. The summed E-state index contributed by atoms with van der Waals surface area (Å²) in [5.41, 5.74) is 4.27. The number of halogens is 3. The Morgan fingerprint density at radius 2 is 1.67 bits per heavy atom. The zero-order valence-electron chi connectivity index (χ0n) is 15.5. The molecule has 0 fully saturated rings. The van der Waals surface area contributed by atoms with E-state index >= 15 is 0 Å². The summed E-state index contributed by atoms with van der Waals surface area (Å²) in [6, 6.07) is 14.6. The van der Waals surface area contributed by atoms with Gasteiger partial charge in [-0.15, -0.1) is 0 Å². The zero-order valence-corrected chi connectivity index (χ0v) is 17.8. The van der Waals surface area contributed by atoms with Crippen LogP contribution in [-0.4, -0.2) is 17.9 Å². The molecule has 0 aromatic heterocycles.